The number of hydrogen-bond acceptors (Lipinski definition) is 6. The second-order valence-electron chi connectivity index (χ2n) is 6.03. The lowest BCUT2D eigenvalue weighted by Crippen LogP contribution is -2.09. The summed E-state index contributed by atoms with van der Waals surface area (Å²) in [5, 5.41) is 4.03. The minimum atomic E-state index is -0.548. The van der Waals surface area contributed by atoms with E-state index in [-0.39, 0.29) is 35.0 Å². The zero-order chi connectivity index (χ0) is 19.7. The van der Waals surface area contributed by atoms with Crippen LogP contribution in [0.15, 0.2) is 49.2 Å². The fourth-order valence-electron chi connectivity index (χ4n) is 2.70. The number of fused-ring (bicyclic) bond motifs is 1. The smallest absolute Gasteiger partial charge is 0.172 e. The molecule has 0 radical (unpaired) electrons. The Kier molecular flexibility index (Phi) is 4.48. The first-order valence-electron chi connectivity index (χ1n) is 8.26. The van der Waals surface area contributed by atoms with Crippen molar-refractivity contribution in [2.75, 3.05) is 0 Å². The number of halogens is 2. The van der Waals surface area contributed by atoms with Crippen LogP contribution < -0.4 is 4.74 Å². The molecule has 0 saturated carbocycles. The monoisotopic (exact) mass is 381 g/mol. The van der Waals surface area contributed by atoms with Crippen molar-refractivity contribution in [2.24, 2.45) is 0 Å². The van der Waals surface area contributed by atoms with Crippen LogP contribution in [0.3, 0.4) is 0 Å². The molecule has 0 aliphatic carbocycles. The highest BCUT2D eigenvalue weighted by atomic mass is 19.1. The predicted octanol–water partition coefficient (Wildman–Crippen LogP) is 3.32. The number of carbonyl (C=O) groups is 1. The fraction of sp³-hybridized carbons (Fsp3) is 0.105. The summed E-state index contributed by atoms with van der Waals surface area (Å²) in [6.45, 7) is 1.53. The average Bonchev–Trinajstić information content (AvgIpc) is 3.12. The summed E-state index contributed by atoms with van der Waals surface area (Å²) in [4.78, 5) is 24.7. The highest BCUT2D eigenvalue weighted by Crippen LogP contribution is 2.24. The van der Waals surface area contributed by atoms with E-state index < -0.39 is 11.6 Å². The van der Waals surface area contributed by atoms with Gasteiger partial charge < -0.3 is 4.74 Å². The van der Waals surface area contributed by atoms with Gasteiger partial charge in [0.1, 0.15) is 29.5 Å². The van der Waals surface area contributed by atoms with Gasteiger partial charge in [0.2, 0.25) is 0 Å². The third kappa shape index (κ3) is 3.54. The van der Waals surface area contributed by atoms with E-state index in [1.54, 1.807) is 0 Å². The molecule has 140 valence electrons. The van der Waals surface area contributed by atoms with E-state index in [9.17, 15) is 13.6 Å². The van der Waals surface area contributed by atoms with Gasteiger partial charge in [0.15, 0.2) is 11.4 Å². The van der Waals surface area contributed by atoms with E-state index in [1.807, 2.05) is 0 Å². The van der Waals surface area contributed by atoms with Crippen LogP contribution in [0.2, 0.25) is 0 Å². The van der Waals surface area contributed by atoms with Crippen LogP contribution in [0.1, 0.15) is 21.7 Å². The number of carbonyl (C=O) groups excluding carboxylic acids is 1. The number of rotatable bonds is 5. The van der Waals surface area contributed by atoms with Crippen molar-refractivity contribution in [3.8, 4) is 11.5 Å². The highest BCUT2D eigenvalue weighted by Gasteiger charge is 2.17. The molecule has 7 nitrogen and oxygen atoms in total. The van der Waals surface area contributed by atoms with E-state index >= 15 is 0 Å². The topological polar surface area (TPSA) is 82.3 Å². The number of aromatic nitrogens is 5. The normalized spacial score (nSPS) is 11.0. The van der Waals surface area contributed by atoms with E-state index in [0.717, 1.165) is 6.20 Å². The molecular weight excluding hydrogens is 368 g/mol. The Labute approximate surface area is 157 Å². The minimum absolute atomic E-state index is 0.0470. The van der Waals surface area contributed by atoms with Crippen molar-refractivity contribution in [1.29, 1.82) is 0 Å². The van der Waals surface area contributed by atoms with E-state index in [2.05, 4.69) is 20.1 Å². The van der Waals surface area contributed by atoms with Crippen molar-refractivity contribution in [3.05, 3.63) is 77.8 Å². The second kappa shape index (κ2) is 7.10. The molecule has 0 aliphatic heterocycles. The van der Waals surface area contributed by atoms with Crippen molar-refractivity contribution in [3.63, 3.8) is 0 Å². The minimum Gasteiger partial charge on any atom is -0.454 e. The van der Waals surface area contributed by atoms with Crippen molar-refractivity contribution in [2.45, 2.75) is 13.3 Å². The van der Waals surface area contributed by atoms with Crippen molar-refractivity contribution in [1.82, 2.24) is 24.6 Å². The summed E-state index contributed by atoms with van der Waals surface area (Å²) in [7, 11) is 0. The van der Waals surface area contributed by atoms with Crippen LogP contribution in [0.4, 0.5) is 8.78 Å². The number of Topliss-reactive ketones (excluding diaryl/α,β-unsaturated/α-hetero) is 1. The van der Waals surface area contributed by atoms with Gasteiger partial charge in [0.05, 0.1) is 36.3 Å². The molecule has 0 bridgehead atoms. The molecule has 0 atom stereocenters. The first-order chi connectivity index (χ1) is 13.5. The standard InChI is InChI=1S/C19H13F2N5O2/c1-11-17(21)3-2-13(25-11)5-18(27)16-6-15(9-26-19(16)23-10-24-26)28-14-4-12(20)7-22-8-14/h2-4,6-10H,5H2,1H3. The molecule has 4 rings (SSSR count). The summed E-state index contributed by atoms with van der Waals surface area (Å²) in [6, 6.07) is 5.40. The first kappa shape index (κ1) is 17.7. The molecular formula is C19H13F2N5O2. The van der Waals surface area contributed by atoms with Gasteiger partial charge >= 0.3 is 0 Å². The zero-order valence-electron chi connectivity index (χ0n) is 14.6. The number of ketones is 1. The SMILES string of the molecule is Cc1nc(CC(=O)c2cc(Oc3cncc(F)c3)cn3ncnc23)ccc1F. The molecule has 0 amide bonds. The lowest BCUT2D eigenvalue weighted by atomic mass is 10.1. The molecule has 4 aromatic heterocycles. The first-order valence-corrected chi connectivity index (χ1v) is 8.26. The number of nitrogens with zero attached hydrogens (tertiary/aromatic N) is 5. The molecule has 0 aromatic carbocycles. The molecule has 0 fully saturated rings. The molecule has 0 unspecified atom stereocenters. The van der Waals surface area contributed by atoms with Gasteiger partial charge in [-0.05, 0) is 25.1 Å². The quantitative estimate of drug-likeness (QED) is 0.493. The van der Waals surface area contributed by atoms with E-state index in [4.69, 9.17) is 4.74 Å². The van der Waals surface area contributed by atoms with Gasteiger partial charge in [-0.25, -0.2) is 18.3 Å². The molecule has 28 heavy (non-hydrogen) atoms. The molecule has 0 N–H and O–H groups in total. The van der Waals surface area contributed by atoms with Crippen molar-refractivity contribution >= 4 is 11.4 Å². The molecule has 4 heterocycles. The van der Waals surface area contributed by atoms with Gasteiger partial charge in [-0.1, -0.05) is 0 Å². The number of aryl methyl sites for hydroxylation is 1. The van der Waals surface area contributed by atoms with Crippen LogP contribution in [0, 0.1) is 18.6 Å². The van der Waals surface area contributed by atoms with Gasteiger partial charge in [0, 0.05) is 11.8 Å². The summed E-state index contributed by atoms with van der Waals surface area (Å²) < 4.78 is 33.7. The van der Waals surface area contributed by atoms with E-state index in [1.165, 1.54) is 54.4 Å². The lowest BCUT2D eigenvalue weighted by Gasteiger charge is -2.09. The van der Waals surface area contributed by atoms with Crippen LogP contribution in [-0.2, 0) is 6.42 Å². The number of ether oxygens (including phenoxy) is 1. The predicted molar refractivity (Wildman–Crippen MR) is 94.2 cm³/mol. The molecule has 9 heteroatoms. The Morgan fingerprint density at radius 2 is 2.04 bits per heavy atom. The average molecular weight is 381 g/mol. The van der Waals surface area contributed by atoms with Gasteiger partial charge in [-0.15, -0.1) is 0 Å². The Morgan fingerprint density at radius 3 is 2.82 bits per heavy atom. The summed E-state index contributed by atoms with van der Waals surface area (Å²) >= 11 is 0. The Morgan fingerprint density at radius 1 is 1.18 bits per heavy atom. The maximum absolute atomic E-state index is 13.4. The van der Waals surface area contributed by atoms with Crippen LogP contribution >= 0.6 is 0 Å². The maximum atomic E-state index is 13.4. The Hall–Kier alpha value is -3.75. The molecule has 0 aliphatic rings. The Bertz CT molecular complexity index is 1190. The summed E-state index contributed by atoms with van der Waals surface area (Å²) in [5.41, 5.74) is 1.24. The largest absolute Gasteiger partial charge is 0.454 e. The number of hydrogen-bond donors (Lipinski definition) is 0. The number of pyridine rings is 3. The van der Waals surface area contributed by atoms with Crippen LogP contribution in [-0.4, -0.2) is 30.3 Å². The molecule has 0 saturated heterocycles. The van der Waals surface area contributed by atoms with Gasteiger partial charge in [0.25, 0.3) is 0 Å². The Balaban J connectivity index is 1.68. The van der Waals surface area contributed by atoms with E-state index in [0.29, 0.717) is 11.3 Å². The van der Waals surface area contributed by atoms with Crippen molar-refractivity contribution < 1.29 is 18.3 Å². The third-order valence-corrected chi connectivity index (χ3v) is 3.99. The zero-order valence-corrected chi connectivity index (χ0v) is 14.6. The summed E-state index contributed by atoms with van der Waals surface area (Å²) in [5.74, 6) is -0.839. The van der Waals surface area contributed by atoms with Gasteiger partial charge in [-0.3, -0.25) is 14.8 Å². The molecule has 0 spiro atoms. The lowest BCUT2D eigenvalue weighted by molar-refractivity contribution is 0.0992. The fourth-order valence-corrected chi connectivity index (χ4v) is 2.70. The third-order valence-electron chi connectivity index (χ3n) is 3.99. The second-order valence-corrected chi connectivity index (χ2v) is 6.03. The highest BCUT2D eigenvalue weighted by molar-refractivity contribution is 6.02. The molecule has 4 aromatic rings. The van der Waals surface area contributed by atoms with Crippen LogP contribution in [0.25, 0.3) is 5.65 Å². The maximum Gasteiger partial charge on any atom is 0.172 e. The van der Waals surface area contributed by atoms with Gasteiger partial charge in [-0.2, -0.15) is 5.10 Å². The van der Waals surface area contributed by atoms with Crippen LogP contribution in [0.5, 0.6) is 11.5 Å². The summed E-state index contributed by atoms with van der Waals surface area (Å²) in [6.07, 6.45) is 5.18.